The van der Waals surface area contributed by atoms with E-state index < -0.39 is 22.8 Å². The average Bonchev–Trinajstić information content (AvgIpc) is 2.38. The minimum atomic E-state index is -1.14. The first-order valence-electron chi connectivity index (χ1n) is 5.84. The molecule has 1 atom stereocenters. The number of carbonyl (C=O) groups is 2. The summed E-state index contributed by atoms with van der Waals surface area (Å²) in [4.78, 5) is 33.0. The number of amides is 1. The lowest BCUT2D eigenvalue weighted by molar-refractivity contribution is -0.384. The van der Waals surface area contributed by atoms with Crippen molar-refractivity contribution in [2.75, 3.05) is 0 Å². The van der Waals surface area contributed by atoms with Gasteiger partial charge >= 0.3 is 5.97 Å². The van der Waals surface area contributed by atoms with E-state index in [9.17, 15) is 19.7 Å². The van der Waals surface area contributed by atoms with Crippen molar-refractivity contribution >= 4 is 33.5 Å². The number of nitrogens with one attached hydrogen (secondary N) is 1. The van der Waals surface area contributed by atoms with Crippen LogP contribution in [-0.2, 0) is 4.79 Å². The Kier molecular flexibility index (Phi) is 5.63. The van der Waals surface area contributed by atoms with Crippen molar-refractivity contribution < 1.29 is 19.6 Å². The Morgan fingerprint density at radius 1 is 1.50 bits per heavy atom. The number of halogens is 1. The molecule has 0 radical (unpaired) electrons. The van der Waals surface area contributed by atoms with E-state index in [0.29, 0.717) is 10.9 Å². The lowest BCUT2D eigenvalue weighted by Crippen LogP contribution is -2.40. The molecule has 7 nitrogen and oxygen atoms in total. The van der Waals surface area contributed by atoms with Gasteiger partial charge in [-0.1, -0.05) is 13.3 Å². The lowest BCUT2D eigenvalue weighted by atomic mass is 10.1. The van der Waals surface area contributed by atoms with Crippen LogP contribution < -0.4 is 5.32 Å². The number of non-ortho nitro benzene ring substituents is 1. The molecule has 0 unspecified atom stereocenters. The first kappa shape index (κ1) is 16.1. The Balaban J connectivity index is 2.99. The van der Waals surface area contributed by atoms with Crippen molar-refractivity contribution in [2.24, 2.45) is 0 Å². The summed E-state index contributed by atoms with van der Waals surface area (Å²) in [5.74, 6) is -1.80. The molecule has 0 fully saturated rings. The number of benzene rings is 1. The summed E-state index contributed by atoms with van der Waals surface area (Å²) in [6.45, 7) is 1.80. The minimum absolute atomic E-state index is 0.0292. The van der Waals surface area contributed by atoms with E-state index in [1.807, 2.05) is 0 Å². The first-order chi connectivity index (χ1) is 9.36. The maximum atomic E-state index is 12.0. The van der Waals surface area contributed by atoms with Gasteiger partial charge in [0, 0.05) is 16.6 Å². The summed E-state index contributed by atoms with van der Waals surface area (Å²) in [5.41, 5.74) is -0.206. The standard InChI is InChI=1S/C12H13BrN2O5/c1-2-3-10(12(17)18)14-11(16)8-6-7(15(19)20)4-5-9(8)13/h4-6,10H,2-3H2,1H3,(H,14,16)(H,17,18)/t10-/m1/s1. The maximum Gasteiger partial charge on any atom is 0.326 e. The zero-order valence-corrected chi connectivity index (χ0v) is 12.2. The first-order valence-corrected chi connectivity index (χ1v) is 6.63. The highest BCUT2D eigenvalue weighted by atomic mass is 79.9. The van der Waals surface area contributed by atoms with Gasteiger partial charge in [0.25, 0.3) is 11.6 Å². The van der Waals surface area contributed by atoms with Crippen LogP contribution in [0.25, 0.3) is 0 Å². The van der Waals surface area contributed by atoms with Gasteiger partial charge in [0.2, 0.25) is 0 Å². The van der Waals surface area contributed by atoms with Crippen LogP contribution in [-0.4, -0.2) is 27.9 Å². The Hall–Kier alpha value is -1.96. The Morgan fingerprint density at radius 3 is 2.65 bits per heavy atom. The highest BCUT2D eigenvalue weighted by Crippen LogP contribution is 2.22. The Morgan fingerprint density at radius 2 is 2.15 bits per heavy atom. The predicted molar refractivity (Wildman–Crippen MR) is 74.6 cm³/mol. The van der Waals surface area contributed by atoms with Crippen molar-refractivity contribution in [1.29, 1.82) is 0 Å². The van der Waals surface area contributed by atoms with Gasteiger partial charge in [0.1, 0.15) is 6.04 Å². The second-order valence-electron chi connectivity index (χ2n) is 4.07. The fourth-order valence-corrected chi connectivity index (χ4v) is 2.01. The van der Waals surface area contributed by atoms with E-state index in [-0.39, 0.29) is 17.7 Å². The monoisotopic (exact) mass is 344 g/mol. The molecular formula is C12H13BrN2O5. The second kappa shape index (κ2) is 6.99. The third-order valence-electron chi connectivity index (χ3n) is 2.59. The molecule has 20 heavy (non-hydrogen) atoms. The number of aliphatic carboxylic acids is 1. The minimum Gasteiger partial charge on any atom is -0.480 e. The van der Waals surface area contributed by atoms with Gasteiger partial charge in [-0.3, -0.25) is 14.9 Å². The van der Waals surface area contributed by atoms with Crippen LogP contribution in [0.5, 0.6) is 0 Å². The van der Waals surface area contributed by atoms with Crippen molar-refractivity contribution in [3.05, 3.63) is 38.3 Å². The van der Waals surface area contributed by atoms with Crippen LogP contribution in [0.1, 0.15) is 30.1 Å². The predicted octanol–water partition coefficient (Wildman–Crippen LogP) is 2.34. The van der Waals surface area contributed by atoms with Crippen molar-refractivity contribution in [3.63, 3.8) is 0 Å². The van der Waals surface area contributed by atoms with E-state index in [4.69, 9.17) is 5.11 Å². The lowest BCUT2D eigenvalue weighted by Gasteiger charge is -2.14. The second-order valence-corrected chi connectivity index (χ2v) is 4.93. The number of nitrogens with zero attached hydrogens (tertiary/aromatic N) is 1. The van der Waals surface area contributed by atoms with Crippen LogP contribution in [0.3, 0.4) is 0 Å². The van der Waals surface area contributed by atoms with E-state index >= 15 is 0 Å². The van der Waals surface area contributed by atoms with E-state index in [0.717, 1.165) is 6.07 Å². The molecule has 0 saturated heterocycles. The molecule has 0 saturated carbocycles. The number of hydrogen-bond acceptors (Lipinski definition) is 4. The van der Waals surface area contributed by atoms with Gasteiger partial charge < -0.3 is 10.4 Å². The van der Waals surface area contributed by atoms with Gasteiger partial charge in [0.15, 0.2) is 0 Å². The smallest absolute Gasteiger partial charge is 0.326 e. The molecule has 0 heterocycles. The molecule has 2 N–H and O–H groups in total. The largest absolute Gasteiger partial charge is 0.480 e. The fourth-order valence-electron chi connectivity index (χ4n) is 1.58. The Bertz CT molecular complexity index is 547. The summed E-state index contributed by atoms with van der Waals surface area (Å²) >= 11 is 3.12. The third kappa shape index (κ3) is 4.02. The maximum absolute atomic E-state index is 12.0. The van der Waals surface area contributed by atoms with Gasteiger partial charge in [-0.2, -0.15) is 0 Å². The molecule has 0 aliphatic rings. The zero-order chi connectivity index (χ0) is 15.3. The summed E-state index contributed by atoms with van der Waals surface area (Å²) in [6, 6.07) is 2.72. The van der Waals surface area contributed by atoms with Crippen LogP contribution in [0.15, 0.2) is 22.7 Å². The van der Waals surface area contributed by atoms with Crippen LogP contribution in [0, 0.1) is 10.1 Å². The number of hydrogen-bond donors (Lipinski definition) is 2. The molecule has 1 aromatic rings. The zero-order valence-electron chi connectivity index (χ0n) is 10.6. The number of rotatable bonds is 6. The fraction of sp³-hybridized carbons (Fsp3) is 0.333. The van der Waals surface area contributed by atoms with Gasteiger partial charge in [-0.25, -0.2) is 4.79 Å². The highest BCUT2D eigenvalue weighted by molar-refractivity contribution is 9.10. The molecule has 8 heteroatoms. The summed E-state index contributed by atoms with van der Waals surface area (Å²) < 4.78 is 0.362. The molecule has 1 aromatic carbocycles. The molecule has 108 valence electrons. The topological polar surface area (TPSA) is 110 Å². The van der Waals surface area contributed by atoms with Gasteiger partial charge in [-0.15, -0.1) is 0 Å². The number of carboxylic acid groups (broad SMARTS) is 1. The van der Waals surface area contributed by atoms with Gasteiger partial charge in [0.05, 0.1) is 10.5 Å². The third-order valence-corrected chi connectivity index (χ3v) is 3.28. The molecule has 0 aliphatic heterocycles. The molecule has 0 spiro atoms. The van der Waals surface area contributed by atoms with Crippen LogP contribution in [0.4, 0.5) is 5.69 Å². The number of nitro groups is 1. The van der Waals surface area contributed by atoms with Crippen molar-refractivity contribution in [2.45, 2.75) is 25.8 Å². The van der Waals surface area contributed by atoms with Crippen molar-refractivity contribution in [3.8, 4) is 0 Å². The Labute approximate surface area is 123 Å². The number of nitro benzene ring substituents is 1. The van der Waals surface area contributed by atoms with Crippen LogP contribution in [0.2, 0.25) is 0 Å². The molecular weight excluding hydrogens is 332 g/mol. The number of carbonyl (C=O) groups excluding carboxylic acids is 1. The summed E-state index contributed by atoms with van der Waals surface area (Å²) in [5, 5.41) is 22.0. The molecule has 1 amide bonds. The van der Waals surface area contributed by atoms with Gasteiger partial charge in [-0.05, 0) is 28.4 Å². The van der Waals surface area contributed by atoms with Crippen molar-refractivity contribution in [1.82, 2.24) is 5.32 Å². The summed E-state index contributed by atoms with van der Waals surface area (Å²) in [7, 11) is 0. The van der Waals surface area contributed by atoms with E-state index in [2.05, 4.69) is 21.2 Å². The quantitative estimate of drug-likeness (QED) is 0.607. The normalized spacial score (nSPS) is 11.7. The number of carboxylic acids is 1. The highest BCUT2D eigenvalue weighted by Gasteiger charge is 2.22. The summed E-state index contributed by atoms with van der Waals surface area (Å²) in [6.07, 6.45) is 0.876. The SMILES string of the molecule is CCC[C@@H](NC(=O)c1cc([N+](=O)[O-])ccc1Br)C(=O)O. The molecule has 0 aromatic heterocycles. The molecule has 0 bridgehead atoms. The van der Waals surface area contributed by atoms with E-state index in [1.165, 1.54) is 12.1 Å². The van der Waals surface area contributed by atoms with Crippen LogP contribution >= 0.6 is 15.9 Å². The molecule has 1 rings (SSSR count). The molecule has 0 aliphatic carbocycles. The average molecular weight is 345 g/mol. The van der Waals surface area contributed by atoms with E-state index in [1.54, 1.807) is 6.92 Å².